The molecule has 2 heterocycles. The molecule has 0 saturated carbocycles. The fraction of sp³-hybridized carbons (Fsp3) is 0.0556. The van der Waals surface area contributed by atoms with Crippen molar-refractivity contribution in [3.05, 3.63) is 83.7 Å². The Labute approximate surface area is 142 Å². The number of H-pyrrole nitrogens is 1. The van der Waals surface area contributed by atoms with Crippen LogP contribution >= 0.6 is 0 Å². The van der Waals surface area contributed by atoms with Crippen molar-refractivity contribution in [2.24, 2.45) is 0 Å². The number of halogens is 2. The van der Waals surface area contributed by atoms with Gasteiger partial charge >= 0.3 is 0 Å². The average Bonchev–Trinajstić information content (AvgIpc) is 3.08. The van der Waals surface area contributed by atoms with Crippen LogP contribution in [0.15, 0.2) is 49.7 Å². The van der Waals surface area contributed by atoms with Gasteiger partial charge in [0, 0.05) is 23.7 Å². The summed E-state index contributed by atoms with van der Waals surface area (Å²) < 4.78 is 28.2. The minimum atomic E-state index is -0.649. The van der Waals surface area contributed by atoms with Crippen molar-refractivity contribution in [2.75, 3.05) is 5.32 Å². The first-order valence-electron chi connectivity index (χ1n) is 7.41. The summed E-state index contributed by atoms with van der Waals surface area (Å²) in [5, 5.41) is 2.62. The molecular formula is C18H14F2N4O. The predicted octanol–water partition coefficient (Wildman–Crippen LogP) is 3.57. The van der Waals surface area contributed by atoms with Gasteiger partial charge in [0.1, 0.15) is 23.7 Å². The molecule has 2 N–H and O–H groups in total. The van der Waals surface area contributed by atoms with Crippen LogP contribution in [0.1, 0.15) is 27.2 Å². The van der Waals surface area contributed by atoms with Gasteiger partial charge in [0.05, 0.1) is 18.1 Å². The number of carbonyl (C=O) groups excluding carboxylic acids is 1. The SMILES string of the molecule is C=Cc1ccc(F)c(Cc2c[nH]c(C(=O)Nc3cncnc3)c2)c1F. The largest absolute Gasteiger partial charge is 0.357 e. The molecule has 3 rings (SSSR count). The van der Waals surface area contributed by atoms with E-state index >= 15 is 0 Å². The lowest BCUT2D eigenvalue weighted by molar-refractivity contribution is 0.102. The van der Waals surface area contributed by atoms with Gasteiger partial charge in [0.2, 0.25) is 0 Å². The maximum atomic E-state index is 14.3. The van der Waals surface area contributed by atoms with E-state index in [0.29, 0.717) is 11.3 Å². The summed E-state index contributed by atoms with van der Waals surface area (Å²) in [5.41, 5.74) is 1.45. The van der Waals surface area contributed by atoms with Crippen LogP contribution in [0.3, 0.4) is 0 Å². The molecule has 1 aromatic carbocycles. The molecule has 0 aliphatic carbocycles. The summed E-state index contributed by atoms with van der Waals surface area (Å²) in [6, 6.07) is 4.07. The lowest BCUT2D eigenvalue weighted by Crippen LogP contribution is -2.12. The Morgan fingerprint density at radius 1 is 1.28 bits per heavy atom. The minimum Gasteiger partial charge on any atom is -0.357 e. The zero-order chi connectivity index (χ0) is 17.8. The van der Waals surface area contributed by atoms with Gasteiger partial charge in [0.25, 0.3) is 5.91 Å². The van der Waals surface area contributed by atoms with E-state index in [1.54, 1.807) is 6.07 Å². The van der Waals surface area contributed by atoms with E-state index in [-0.39, 0.29) is 23.2 Å². The first-order valence-corrected chi connectivity index (χ1v) is 7.41. The summed E-state index contributed by atoms with van der Waals surface area (Å²) >= 11 is 0. The molecule has 0 aliphatic rings. The number of hydrogen-bond donors (Lipinski definition) is 2. The van der Waals surface area contributed by atoms with Crippen molar-refractivity contribution in [3.63, 3.8) is 0 Å². The van der Waals surface area contributed by atoms with Gasteiger partial charge in [-0.2, -0.15) is 0 Å². The normalized spacial score (nSPS) is 10.5. The van der Waals surface area contributed by atoms with Gasteiger partial charge in [-0.05, 0) is 23.8 Å². The second-order valence-electron chi connectivity index (χ2n) is 5.31. The molecule has 0 spiro atoms. The minimum absolute atomic E-state index is 0.0115. The lowest BCUT2D eigenvalue weighted by Gasteiger charge is -2.06. The average molecular weight is 340 g/mol. The van der Waals surface area contributed by atoms with Gasteiger partial charge in [0.15, 0.2) is 0 Å². The molecule has 0 aliphatic heterocycles. The first kappa shape index (κ1) is 16.5. The molecule has 25 heavy (non-hydrogen) atoms. The van der Waals surface area contributed by atoms with E-state index in [2.05, 4.69) is 26.8 Å². The number of aromatic nitrogens is 3. The molecule has 0 radical (unpaired) electrons. The Hall–Kier alpha value is -3.35. The van der Waals surface area contributed by atoms with Crippen LogP contribution in [-0.2, 0) is 6.42 Å². The number of benzene rings is 1. The van der Waals surface area contributed by atoms with Gasteiger partial charge in [-0.3, -0.25) is 4.79 Å². The predicted molar refractivity (Wildman–Crippen MR) is 90.0 cm³/mol. The molecule has 7 heteroatoms. The van der Waals surface area contributed by atoms with Gasteiger partial charge in [-0.25, -0.2) is 18.7 Å². The number of carbonyl (C=O) groups is 1. The number of hydrogen-bond acceptors (Lipinski definition) is 3. The molecule has 0 saturated heterocycles. The molecular weight excluding hydrogens is 326 g/mol. The molecule has 3 aromatic rings. The molecule has 0 bridgehead atoms. The van der Waals surface area contributed by atoms with Crippen molar-refractivity contribution in [3.8, 4) is 0 Å². The number of amides is 1. The number of nitrogens with zero attached hydrogens (tertiary/aromatic N) is 2. The van der Waals surface area contributed by atoms with Crippen LogP contribution < -0.4 is 5.32 Å². The fourth-order valence-corrected chi connectivity index (χ4v) is 2.37. The summed E-state index contributed by atoms with van der Waals surface area (Å²) in [7, 11) is 0. The van der Waals surface area contributed by atoms with Crippen LogP contribution in [-0.4, -0.2) is 20.9 Å². The topological polar surface area (TPSA) is 70.7 Å². The fourth-order valence-electron chi connectivity index (χ4n) is 2.37. The highest BCUT2D eigenvalue weighted by Crippen LogP contribution is 2.21. The Bertz CT molecular complexity index is 922. The Morgan fingerprint density at radius 3 is 2.76 bits per heavy atom. The highest BCUT2D eigenvalue weighted by Gasteiger charge is 2.15. The van der Waals surface area contributed by atoms with Crippen molar-refractivity contribution in [2.45, 2.75) is 6.42 Å². The summed E-state index contributed by atoms with van der Waals surface area (Å²) in [5.74, 6) is -1.69. The first-order chi connectivity index (χ1) is 12.1. The van der Waals surface area contributed by atoms with E-state index in [4.69, 9.17) is 0 Å². The maximum Gasteiger partial charge on any atom is 0.272 e. The lowest BCUT2D eigenvalue weighted by atomic mass is 10.0. The van der Waals surface area contributed by atoms with E-state index in [1.165, 1.54) is 43.1 Å². The number of rotatable bonds is 5. The summed E-state index contributed by atoms with van der Waals surface area (Å²) in [4.78, 5) is 22.6. The maximum absolute atomic E-state index is 14.3. The molecule has 0 unspecified atom stereocenters. The molecule has 5 nitrogen and oxygen atoms in total. The second kappa shape index (κ2) is 7.04. The quantitative estimate of drug-likeness (QED) is 0.746. The second-order valence-corrected chi connectivity index (χ2v) is 5.31. The smallest absolute Gasteiger partial charge is 0.272 e. The highest BCUT2D eigenvalue weighted by atomic mass is 19.1. The number of aromatic amines is 1. The molecule has 126 valence electrons. The van der Waals surface area contributed by atoms with Crippen LogP contribution in [0.25, 0.3) is 6.08 Å². The zero-order valence-electron chi connectivity index (χ0n) is 13.1. The van der Waals surface area contributed by atoms with Crippen LogP contribution in [0.4, 0.5) is 14.5 Å². The van der Waals surface area contributed by atoms with Crippen molar-refractivity contribution in [1.82, 2.24) is 15.0 Å². The molecule has 1 amide bonds. The third-order valence-corrected chi connectivity index (χ3v) is 3.62. The van der Waals surface area contributed by atoms with Crippen molar-refractivity contribution >= 4 is 17.7 Å². The van der Waals surface area contributed by atoms with Gasteiger partial charge in [-0.15, -0.1) is 0 Å². The number of nitrogens with one attached hydrogen (secondary N) is 2. The van der Waals surface area contributed by atoms with Crippen molar-refractivity contribution < 1.29 is 13.6 Å². The zero-order valence-corrected chi connectivity index (χ0v) is 13.1. The van der Waals surface area contributed by atoms with Crippen LogP contribution in [0, 0.1) is 11.6 Å². The van der Waals surface area contributed by atoms with Crippen molar-refractivity contribution in [1.29, 1.82) is 0 Å². The van der Waals surface area contributed by atoms with Gasteiger partial charge in [-0.1, -0.05) is 12.7 Å². The third-order valence-electron chi connectivity index (χ3n) is 3.62. The Morgan fingerprint density at radius 2 is 2.04 bits per heavy atom. The number of anilines is 1. The standard InChI is InChI=1S/C18H14F2N4O/c1-2-12-3-4-15(19)14(17(12)20)5-11-6-16(23-7-11)18(25)24-13-8-21-10-22-9-13/h2-4,6-10,23H,1,5H2,(H,24,25). The molecule has 0 atom stereocenters. The highest BCUT2D eigenvalue weighted by molar-refractivity contribution is 6.02. The Kier molecular flexibility index (Phi) is 4.65. The van der Waals surface area contributed by atoms with E-state index in [0.717, 1.165) is 0 Å². The monoisotopic (exact) mass is 340 g/mol. The third kappa shape index (κ3) is 3.60. The summed E-state index contributed by atoms with van der Waals surface area (Å²) in [6.45, 7) is 3.51. The van der Waals surface area contributed by atoms with E-state index in [1.807, 2.05) is 0 Å². The summed E-state index contributed by atoms with van der Waals surface area (Å²) in [6.07, 6.45) is 7.15. The van der Waals surface area contributed by atoms with Gasteiger partial charge < -0.3 is 10.3 Å². The van der Waals surface area contributed by atoms with E-state index < -0.39 is 17.5 Å². The molecule has 2 aromatic heterocycles. The molecule has 0 fully saturated rings. The van der Waals surface area contributed by atoms with Crippen LogP contribution in [0.5, 0.6) is 0 Å². The van der Waals surface area contributed by atoms with E-state index in [9.17, 15) is 13.6 Å². The Balaban J connectivity index is 1.78. The van der Waals surface area contributed by atoms with Crippen LogP contribution in [0.2, 0.25) is 0 Å².